The fourth-order valence-corrected chi connectivity index (χ4v) is 2.84. The zero-order valence-corrected chi connectivity index (χ0v) is 15.8. The molecule has 1 amide bonds. The molecule has 0 radical (unpaired) electrons. The number of nitrogens with zero attached hydrogens (tertiary/aromatic N) is 4. The van der Waals surface area contributed by atoms with Crippen molar-refractivity contribution < 1.29 is 27.9 Å². The molecule has 3 N–H and O–H groups in total. The number of aromatic amines is 1. The summed E-state index contributed by atoms with van der Waals surface area (Å²) < 4.78 is 31.7. The van der Waals surface area contributed by atoms with Crippen molar-refractivity contribution in [3.05, 3.63) is 35.7 Å². The van der Waals surface area contributed by atoms with Gasteiger partial charge in [0.25, 0.3) is 0 Å². The van der Waals surface area contributed by atoms with Crippen molar-refractivity contribution in [3.8, 4) is 0 Å². The number of carboxylic acids is 1. The molecule has 0 fully saturated rings. The Kier molecular flexibility index (Phi) is 7.13. The maximum atomic E-state index is 12.4. The zero-order valence-electron chi connectivity index (χ0n) is 15.8. The van der Waals surface area contributed by atoms with Crippen LogP contribution in [0.2, 0.25) is 0 Å². The summed E-state index contributed by atoms with van der Waals surface area (Å²) in [5, 5.41) is 24.5. The minimum Gasteiger partial charge on any atom is -0.475 e. The number of likely N-dealkylation sites (N-methyl/N-ethyl adjacent to an activating group) is 1. The third-order valence-corrected chi connectivity index (χ3v) is 4.28. The number of amides is 1. The zero-order chi connectivity index (χ0) is 21.6. The number of halogens is 3. The van der Waals surface area contributed by atoms with E-state index in [0.717, 1.165) is 12.1 Å². The van der Waals surface area contributed by atoms with Crippen LogP contribution in [0.3, 0.4) is 0 Å². The van der Waals surface area contributed by atoms with Crippen LogP contribution in [0.25, 0.3) is 0 Å². The average Bonchev–Trinajstić information content (AvgIpc) is 3.30. The monoisotopic (exact) mass is 414 g/mol. The fourth-order valence-electron chi connectivity index (χ4n) is 2.84. The van der Waals surface area contributed by atoms with Gasteiger partial charge >= 0.3 is 12.1 Å². The summed E-state index contributed by atoms with van der Waals surface area (Å²) in [6.45, 7) is 2.57. The number of rotatable bonds is 5. The van der Waals surface area contributed by atoms with Crippen molar-refractivity contribution in [1.29, 1.82) is 0 Å². The van der Waals surface area contributed by atoms with Crippen molar-refractivity contribution in [3.63, 3.8) is 0 Å². The summed E-state index contributed by atoms with van der Waals surface area (Å²) in [7, 11) is 1.82. The molecule has 2 heterocycles. The smallest absolute Gasteiger partial charge is 0.475 e. The number of hydrogen-bond acceptors (Lipinski definition) is 6. The van der Waals surface area contributed by atoms with Gasteiger partial charge in [0, 0.05) is 37.7 Å². The lowest BCUT2D eigenvalue weighted by Gasteiger charge is -2.21. The molecule has 0 aliphatic carbocycles. The second-order valence-electron chi connectivity index (χ2n) is 6.65. The van der Waals surface area contributed by atoms with Gasteiger partial charge in [-0.1, -0.05) is 30.3 Å². The molecule has 2 atom stereocenters. The van der Waals surface area contributed by atoms with Crippen LogP contribution >= 0.6 is 0 Å². The molecule has 1 unspecified atom stereocenters. The molecule has 29 heavy (non-hydrogen) atoms. The number of H-pyrrole nitrogens is 1. The van der Waals surface area contributed by atoms with Crippen LogP contribution in [0.15, 0.2) is 24.3 Å². The van der Waals surface area contributed by atoms with E-state index in [-0.39, 0.29) is 17.9 Å². The van der Waals surface area contributed by atoms with E-state index >= 15 is 0 Å². The highest BCUT2D eigenvalue weighted by Crippen LogP contribution is 2.26. The fraction of sp³-hybridized carbons (Fsp3) is 0.471. The van der Waals surface area contributed by atoms with Gasteiger partial charge in [-0.3, -0.25) is 4.79 Å². The summed E-state index contributed by atoms with van der Waals surface area (Å²) in [6.07, 6.45) is -3.69. The number of fused-ring (bicyclic) bond motifs is 1. The third-order valence-electron chi connectivity index (χ3n) is 4.28. The van der Waals surface area contributed by atoms with Crippen LogP contribution in [0.1, 0.15) is 30.7 Å². The Labute approximate surface area is 164 Å². The molecule has 1 aromatic carbocycles. The summed E-state index contributed by atoms with van der Waals surface area (Å²) >= 11 is 0. The molecule has 1 aromatic heterocycles. The molecule has 0 bridgehead atoms. The molecule has 0 saturated heterocycles. The van der Waals surface area contributed by atoms with Crippen LogP contribution in [-0.4, -0.2) is 68.3 Å². The minimum absolute atomic E-state index is 0.0569. The Morgan fingerprint density at radius 2 is 2.00 bits per heavy atom. The summed E-state index contributed by atoms with van der Waals surface area (Å²) in [4.78, 5) is 23.0. The van der Waals surface area contributed by atoms with Gasteiger partial charge in [0.15, 0.2) is 5.82 Å². The number of carboxylic acid groups (broad SMARTS) is 1. The summed E-state index contributed by atoms with van der Waals surface area (Å²) in [5.74, 6) is -1.94. The lowest BCUT2D eigenvalue weighted by atomic mass is 10.1. The van der Waals surface area contributed by atoms with E-state index in [9.17, 15) is 18.0 Å². The standard InChI is InChI=1S/C15H20N6O.C2HF3O2/c1-10(15-17-19-20-18-15)9-21(2)14(22)8-12-7-11-5-3-4-6-13(11)16-12;3-2(4,5)1(6)7/h3-6,10,12,16H,7-9H2,1-2H3,(H,17,18,19,20);(H,6,7)/t10?,12-;/m1./s1. The first-order valence-electron chi connectivity index (χ1n) is 8.69. The second-order valence-corrected chi connectivity index (χ2v) is 6.65. The van der Waals surface area contributed by atoms with Gasteiger partial charge in [-0.05, 0) is 18.1 Å². The Morgan fingerprint density at radius 1 is 1.34 bits per heavy atom. The van der Waals surface area contributed by atoms with Crippen LogP contribution in [0.5, 0.6) is 0 Å². The highest BCUT2D eigenvalue weighted by atomic mass is 19.4. The molecule has 0 spiro atoms. The van der Waals surface area contributed by atoms with Gasteiger partial charge in [0.1, 0.15) is 0 Å². The lowest BCUT2D eigenvalue weighted by Crippen LogP contribution is -2.34. The summed E-state index contributed by atoms with van der Waals surface area (Å²) in [5.41, 5.74) is 2.42. The Bertz CT molecular complexity index is 803. The highest BCUT2D eigenvalue weighted by molar-refractivity contribution is 5.78. The van der Waals surface area contributed by atoms with Crippen molar-refractivity contribution in [2.75, 3.05) is 18.9 Å². The van der Waals surface area contributed by atoms with Gasteiger partial charge < -0.3 is 15.3 Å². The van der Waals surface area contributed by atoms with Crippen LogP contribution in [-0.2, 0) is 16.0 Å². The number of hydrogen-bond donors (Lipinski definition) is 3. The number of para-hydroxylation sites is 1. The van der Waals surface area contributed by atoms with Crippen LogP contribution < -0.4 is 5.32 Å². The van der Waals surface area contributed by atoms with Crippen molar-refractivity contribution in [2.45, 2.75) is 37.9 Å². The molecule has 9 nitrogen and oxygen atoms in total. The highest BCUT2D eigenvalue weighted by Gasteiger charge is 2.38. The quantitative estimate of drug-likeness (QED) is 0.682. The normalized spacial score (nSPS) is 16.1. The number of carbonyl (C=O) groups excluding carboxylic acids is 1. The number of tetrazole rings is 1. The maximum absolute atomic E-state index is 12.4. The predicted octanol–water partition coefficient (Wildman–Crippen LogP) is 1.82. The number of anilines is 1. The average molecular weight is 414 g/mol. The number of carbonyl (C=O) groups is 2. The van der Waals surface area contributed by atoms with E-state index < -0.39 is 12.1 Å². The first-order chi connectivity index (χ1) is 13.6. The molecule has 12 heteroatoms. The van der Waals surface area contributed by atoms with Crippen LogP contribution in [0.4, 0.5) is 18.9 Å². The maximum Gasteiger partial charge on any atom is 0.490 e. The van der Waals surface area contributed by atoms with E-state index in [1.54, 1.807) is 4.90 Å². The van der Waals surface area contributed by atoms with E-state index in [2.05, 4.69) is 38.1 Å². The lowest BCUT2D eigenvalue weighted by molar-refractivity contribution is -0.192. The SMILES string of the molecule is CC(CN(C)C(=O)C[C@H]1Cc2ccccc2N1)c1nn[nH]n1.O=C(O)C(F)(F)F. The first-order valence-corrected chi connectivity index (χ1v) is 8.69. The number of benzene rings is 1. The number of alkyl halides is 3. The van der Waals surface area contributed by atoms with Gasteiger partial charge in [-0.2, -0.15) is 18.4 Å². The Morgan fingerprint density at radius 3 is 2.55 bits per heavy atom. The van der Waals surface area contributed by atoms with Crippen molar-refractivity contribution >= 4 is 17.6 Å². The summed E-state index contributed by atoms with van der Waals surface area (Å²) in [6, 6.07) is 8.38. The Balaban J connectivity index is 0.000000370. The van der Waals surface area contributed by atoms with Gasteiger partial charge in [-0.25, -0.2) is 4.79 Å². The number of nitrogens with one attached hydrogen (secondary N) is 2. The minimum atomic E-state index is -5.08. The van der Waals surface area contributed by atoms with E-state index in [4.69, 9.17) is 9.90 Å². The molecule has 2 aromatic rings. The van der Waals surface area contributed by atoms with Crippen LogP contribution in [0, 0.1) is 0 Å². The largest absolute Gasteiger partial charge is 0.490 e. The molecular weight excluding hydrogens is 393 g/mol. The predicted molar refractivity (Wildman–Crippen MR) is 96.1 cm³/mol. The Hall–Kier alpha value is -3.18. The molecule has 3 rings (SSSR count). The van der Waals surface area contributed by atoms with E-state index in [1.807, 2.05) is 26.1 Å². The van der Waals surface area contributed by atoms with Crippen molar-refractivity contribution in [1.82, 2.24) is 25.5 Å². The second kappa shape index (κ2) is 9.34. The topological polar surface area (TPSA) is 124 Å². The number of aliphatic carboxylic acids is 1. The van der Waals surface area contributed by atoms with E-state index in [1.165, 1.54) is 5.56 Å². The number of aromatic nitrogens is 4. The molecule has 1 aliphatic heterocycles. The molecule has 158 valence electrons. The molecular formula is C17H21F3N6O3. The molecule has 1 aliphatic rings. The van der Waals surface area contributed by atoms with E-state index in [0.29, 0.717) is 18.8 Å². The first kappa shape index (κ1) is 22.1. The third kappa shape index (κ3) is 6.43. The van der Waals surface area contributed by atoms with Gasteiger partial charge in [0.2, 0.25) is 5.91 Å². The van der Waals surface area contributed by atoms with Gasteiger partial charge in [-0.15, -0.1) is 10.2 Å². The van der Waals surface area contributed by atoms with Gasteiger partial charge in [0.05, 0.1) is 0 Å². The van der Waals surface area contributed by atoms with Crippen molar-refractivity contribution in [2.24, 2.45) is 0 Å². The molecule has 0 saturated carbocycles.